The molecule has 80 valence electrons. The third-order valence-electron chi connectivity index (χ3n) is 2.65. The molecule has 14 heavy (non-hydrogen) atoms. The molecule has 0 aromatic carbocycles. The van der Waals surface area contributed by atoms with Gasteiger partial charge in [0.15, 0.2) is 0 Å². The van der Waals surface area contributed by atoms with Gasteiger partial charge in [-0.25, -0.2) is 4.79 Å². The number of nitrogens with one attached hydrogen (secondary N) is 2. The van der Waals surface area contributed by atoms with Crippen LogP contribution in [0.2, 0.25) is 0 Å². The predicted molar refractivity (Wildman–Crippen MR) is 53.8 cm³/mol. The topological polar surface area (TPSA) is 58.2 Å². The second kappa shape index (κ2) is 4.44. The van der Waals surface area contributed by atoms with Crippen LogP contribution in [0.4, 0.5) is 4.79 Å². The summed E-state index contributed by atoms with van der Waals surface area (Å²) in [6.45, 7) is 4.10. The summed E-state index contributed by atoms with van der Waals surface area (Å²) in [7, 11) is 0. The molecule has 0 saturated carbocycles. The van der Waals surface area contributed by atoms with Crippen molar-refractivity contribution in [2.24, 2.45) is 0 Å². The molecule has 1 aliphatic rings. The molecule has 1 rings (SSSR count). The first-order chi connectivity index (χ1) is 6.64. The fraction of sp³-hybridized carbons (Fsp3) is 0.800. The Labute approximate surface area is 84.4 Å². The number of amides is 3. The lowest BCUT2D eigenvalue weighted by atomic mass is 9.88. The molecular weight excluding hydrogens is 180 g/mol. The van der Waals surface area contributed by atoms with Crippen LogP contribution >= 0.6 is 0 Å². The molecule has 0 radical (unpaired) electrons. The summed E-state index contributed by atoms with van der Waals surface area (Å²) < 4.78 is 0. The van der Waals surface area contributed by atoms with Crippen molar-refractivity contribution in [2.75, 3.05) is 0 Å². The first-order valence-corrected chi connectivity index (χ1v) is 5.28. The zero-order valence-electron chi connectivity index (χ0n) is 8.85. The Hall–Kier alpha value is -1.06. The maximum Gasteiger partial charge on any atom is 0.322 e. The molecule has 0 spiro atoms. The van der Waals surface area contributed by atoms with Crippen molar-refractivity contribution in [3.05, 3.63) is 0 Å². The lowest BCUT2D eigenvalue weighted by Gasteiger charge is -2.25. The minimum Gasteiger partial charge on any atom is -0.323 e. The average Bonchev–Trinajstić information content (AvgIpc) is 2.40. The van der Waals surface area contributed by atoms with Crippen molar-refractivity contribution >= 4 is 11.9 Å². The number of carbonyl (C=O) groups excluding carboxylic acids is 2. The second-order valence-corrected chi connectivity index (χ2v) is 3.84. The first kappa shape index (κ1) is 11.0. The van der Waals surface area contributed by atoms with E-state index in [0.29, 0.717) is 0 Å². The van der Waals surface area contributed by atoms with Gasteiger partial charge in [-0.15, -0.1) is 0 Å². The number of carbonyl (C=O) groups is 2. The Morgan fingerprint density at radius 3 is 2.29 bits per heavy atom. The molecule has 1 unspecified atom stereocenters. The quantitative estimate of drug-likeness (QED) is 0.658. The summed E-state index contributed by atoms with van der Waals surface area (Å²) in [4.78, 5) is 22.7. The van der Waals surface area contributed by atoms with E-state index in [0.717, 1.165) is 32.1 Å². The summed E-state index contributed by atoms with van der Waals surface area (Å²) in [6.07, 6.45) is 4.37. The molecular formula is C10H18N2O2. The zero-order chi connectivity index (χ0) is 10.6. The van der Waals surface area contributed by atoms with Crippen molar-refractivity contribution in [2.45, 2.75) is 51.5 Å². The van der Waals surface area contributed by atoms with Crippen molar-refractivity contribution in [1.82, 2.24) is 10.6 Å². The van der Waals surface area contributed by atoms with Crippen LogP contribution in [-0.4, -0.2) is 17.5 Å². The van der Waals surface area contributed by atoms with Gasteiger partial charge in [-0.1, -0.05) is 33.1 Å². The largest absolute Gasteiger partial charge is 0.323 e. The third-order valence-corrected chi connectivity index (χ3v) is 2.65. The lowest BCUT2D eigenvalue weighted by molar-refractivity contribution is -0.124. The highest BCUT2D eigenvalue weighted by molar-refractivity contribution is 6.06. The van der Waals surface area contributed by atoms with E-state index >= 15 is 0 Å². The smallest absolute Gasteiger partial charge is 0.322 e. The second-order valence-electron chi connectivity index (χ2n) is 3.84. The van der Waals surface area contributed by atoms with Crippen LogP contribution < -0.4 is 10.6 Å². The van der Waals surface area contributed by atoms with Crippen molar-refractivity contribution in [3.63, 3.8) is 0 Å². The van der Waals surface area contributed by atoms with Crippen LogP contribution in [0.15, 0.2) is 0 Å². The van der Waals surface area contributed by atoms with Gasteiger partial charge < -0.3 is 5.32 Å². The highest BCUT2D eigenvalue weighted by Crippen LogP contribution is 2.23. The lowest BCUT2D eigenvalue weighted by Crippen LogP contribution is -2.46. The molecule has 0 aromatic heterocycles. The summed E-state index contributed by atoms with van der Waals surface area (Å²) >= 11 is 0. The van der Waals surface area contributed by atoms with Gasteiger partial charge in [0.25, 0.3) is 5.91 Å². The summed E-state index contributed by atoms with van der Waals surface area (Å²) in [5.41, 5.74) is -0.623. The highest BCUT2D eigenvalue weighted by Gasteiger charge is 2.44. The summed E-state index contributed by atoms with van der Waals surface area (Å²) in [5.74, 6) is -0.155. The monoisotopic (exact) mass is 198 g/mol. The first-order valence-electron chi connectivity index (χ1n) is 5.28. The van der Waals surface area contributed by atoms with E-state index in [1.807, 2.05) is 6.92 Å². The van der Waals surface area contributed by atoms with Crippen LogP contribution in [0, 0.1) is 0 Å². The van der Waals surface area contributed by atoms with Gasteiger partial charge in [0.2, 0.25) is 0 Å². The number of hydrogen-bond donors (Lipinski definition) is 2. The minimum absolute atomic E-state index is 0.155. The van der Waals surface area contributed by atoms with E-state index in [1.165, 1.54) is 0 Å². The number of imide groups is 1. The van der Waals surface area contributed by atoms with E-state index in [1.54, 1.807) is 0 Å². The van der Waals surface area contributed by atoms with E-state index in [-0.39, 0.29) is 11.9 Å². The van der Waals surface area contributed by atoms with Crippen LogP contribution in [0.25, 0.3) is 0 Å². The number of hydrogen-bond acceptors (Lipinski definition) is 2. The van der Waals surface area contributed by atoms with Crippen molar-refractivity contribution in [1.29, 1.82) is 0 Å². The van der Waals surface area contributed by atoms with Gasteiger partial charge in [0.05, 0.1) is 0 Å². The number of unbranched alkanes of at least 4 members (excludes halogenated alkanes) is 1. The Bertz CT molecular complexity index is 240. The molecule has 1 fully saturated rings. The van der Waals surface area contributed by atoms with Gasteiger partial charge in [-0.2, -0.15) is 0 Å². The zero-order valence-corrected chi connectivity index (χ0v) is 8.85. The molecule has 1 aliphatic heterocycles. The summed E-state index contributed by atoms with van der Waals surface area (Å²) in [5, 5.41) is 5.07. The van der Waals surface area contributed by atoms with Crippen LogP contribution in [0.3, 0.4) is 0 Å². The standard InChI is InChI=1S/C10H18N2O2/c1-3-5-7-10(6-4-2)8(13)11-9(14)12-10/h3-7H2,1-2H3,(H2,11,12,13,14). The maximum atomic E-state index is 11.6. The molecule has 4 nitrogen and oxygen atoms in total. The maximum absolute atomic E-state index is 11.6. The SMILES string of the molecule is CCCCC1(CCC)NC(=O)NC1=O. The number of urea groups is 1. The summed E-state index contributed by atoms with van der Waals surface area (Å²) in [6, 6.07) is -0.348. The fourth-order valence-electron chi connectivity index (χ4n) is 1.91. The van der Waals surface area contributed by atoms with Gasteiger partial charge in [-0.05, 0) is 12.8 Å². The van der Waals surface area contributed by atoms with E-state index in [2.05, 4.69) is 17.6 Å². The Balaban J connectivity index is 2.70. The van der Waals surface area contributed by atoms with Crippen LogP contribution in [0.5, 0.6) is 0 Å². The highest BCUT2D eigenvalue weighted by atomic mass is 16.2. The normalized spacial score (nSPS) is 26.1. The molecule has 1 saturated heterocycles. The van der Waals surface area contributed by atoms with Crippen molar-refractivity contribution < 1.29 is 9.59 Å². The molecule has 0 bridgehead atoms. The fourth-order valence-corrected chi connectivity index (χ4v) is 1.91. The molecule has 3 amide bonds. The molecule has 4 heteroatoms. The van der Waals surface area contributed by atoms with Crippen LogP contribution in [-0.2, 0) is 4.79 Å². The van der Waals surface area contributed by atoms with E-state index in [4.69, 9.17) is 0 Å². The van der Waals surface area contributed by atoms with E-state index < -0.39 is 5.54 Å². The molecule has 0 aliphatic carbocycles. The molecule has 2 N–H and O–H groups in total. The van der Waals surface area contributed by atoms with Gasteiger partial charge in [0.1, 0.15) is 5.54 Å². The van der Waals surface area contributed by atoms with Gasteiger partial charge >= 0.3 is 6.03 Å². The molecule has 1 heterocycles. The van der Waals surface area contributed by atoms with Gasteiger partial charge in [-0.3, -0.25) is 10.1 Å². The van der Waals surface area contributed by atoms with Crippen molar-refractivity contribution in [3.8, 4) is 0 Å². The predicted octanol–water partition coefficient (Wildman–Crippen LogP) is 1.55. The Morgan fingerprint density at radius 1 is 1.14 bits per heavy atom. The average molecular weight is 198 g/mol. The Morgan fingerprint density at radius 2 is 1.86 bits per heavy atom. The third kappa shape index (κ3) is 2.05. The minimum atomic E-state index is -0.623. The van der Waals surface area contributed by atoms with Gasteiger partial charge in [0, 0.05) is 0 Å². The number of rotatable bonds is 5. The van der Waals surface area contributed by atoms with E-state index in [9.17, 15) is 9.59 Å². The molecule has 1 atom stereocenters. The molecule has 0 aromatic rings. The van der Waals surface area contributed by atoms with Crippen LogP contribution in [0.1, 0.15) is 46.0 Å². The Kier molecular flexibility index (Phi) is 3.49.